The van der Waals surface area contributed by atoms with Crippen LogP contribution in [0.25, 0.3) is 0 Å². The molecular formula is C12H17NOS. The van der Waals surface area contributed by atoms with E-state index >= 15 is 0 Å². The Balaban J connectivity index is 2.69. The molecule has 0 amide bonds. The normalized spacial score (nSPS) is 15.4. The standard InChI is InChI=1S/C12H17NOS/c1-4-10(2)9-13-15(14)12-7-5-11(3)6-8-12/h5-10H,4H2,1-3H3/b13-9+/t10-,15+/m0/s1. The summed E-state index contributed by atoms with van der Waals surface area (Å²) >= 11 is 0. The molecule has 1 aromatic carbocycles. The third kappa shape index (κ3) is 3.96. The van der Waals surface area contributed by atoms with Gasteiger partial charge in [-0.25, -0.2) is 4.21 Å². The molecule has 0 fully saturated rings. The highest BCUT2D eigenvalue weighted by molar-refractivity contribution is 7.83. The molecule has 0 bridgehead atoms. The third-order valence-corrected chi connectivity index (χ3v) is 3.27. The Morgan fingerprint density at radius 3 is 2.53 bits per heavy atom. The van der Waals surface area contributed by atoms with E-state index in [1.807, 2.05) is 31.2 Å². The lowest BCUT2D eigenvalue weighted by molar-refractivity contribution is 0.683. The van der Waals surface area contributed by atoms with Crippen LogP contribution in [0, 0.1) is 12.8 Å². The van der Waals surface area contributed by atoms with Gasteiger partial charge in [0.25, 0.3) is 0 Å². The maximum Gasteiger partial charge on any atom is 0.172 e. The number of rotatable bonds is 4. The van der Waals surface area contributed by atoms with Crippen LogP contribution in [0.15, 0.2) is 33.6 Å². The van der Waals surface area contributed by atoms with Crippen molar-refractivity contribution >= 4 is 17.2 Å². The highest BCUT2D eigenvalue weighted by atomic mass is 32.2. The van der Waals surface area contributed by atoms with Crippen LogP contribution in [0.2, 0.25) is 0 Å². The van der Waals surface area contributed by atoms with E-state index in [-0.39, 0.29) is 0 Å². The summed E-state index contributed by atoms with van der Waals surface area (Å²) in [4.78, 5) is 0.764. The SMILES string of the molecule is CC[C@H](C)/C=N/[S@](=O)c1ccc(C)cc1. The van der Waals surface area contributed by atoms with Gasteiger partial charge < -0.3 is 0 Å². The van der Waals surface area contributed by atoms with Gasteiger partial charge in [0.1, 0.15) is 0 Å². The van der Waals surface area contributed by atoms with E-state index in [1.54, 1.807) is 6.21 Å². The maximum absolute atomic E-state index is 11.7. The zero-order valence-corrected chi connectivity index (χ0v) is 10.3. The molecule has 0 N–H and O–H groups in total. The van der Waals surface area contributed by atoms with Gasteiger partial charge in [-0.1, -0.05) is 31.5 Å². The second kappa shape index (κ2) is 5.81. The van der Waals surface area contributed by atoms with E-state index in [0.29, 0.717) is 5.92 Å². The molecule has 0 radical (unpaired) electrons. The topological polar surface area (TPSA) is 29.4 Å². The first-order valence-electron chi connectivity index (χ1n) is 5.16. The van der Waals surface area contributed by atoms with Crippen molar-refractivity contribution in [2.24, 2.45) is 10.3 Å². The molecule has 0 saturated heterocycles. The Morgan fingerprint density at radius 2 is 2.00 bits per heavy atom. The van der Waals surface area contributed by atoms with Gasteiger partial charge in [-0.2, -0.15) is 4.40 Å². The minimum atomic E-state index is -1.24. The van der Waals surface area contributed by atoms with Crippen molar-refractivity contribution in [3.8, 4) is 0 Å². The Bertz CT molecular complexity index is 356. The minimum absolute atomic E-state index is 0.388. The van der Waals surface area contributed by atoms with Gasteiger partial charge in [-0.3, -0.25) is 0 Å². The second-order valence-electron chi connectivity index (χ2n) is 3.70. The number of hydrogen-bond donors (Lipinski definition) is 0. The van der Waals surface area contributed by atoms with Gasteiger partial charge in [0, 0.05) is 6.21 Å². The summed E-state index contributed by atoms with van der Waals surface area (Å²) in [6.45, 7) is 6.16. The van der Waals surface area contributed by atoms with Crippen LogP contribution in [0.3, 0.4) is 0 Å². The molecule has 0 aliphatic carbocycles. The van der Waals surface area contributed by atoms with Gasteiger partial charge in [0.05, 0.1) is 4.90 Å². The predicted octanol–water partition coefficient (Wildman–Crippen LogP) is 3.13. The minimum Gasteiger partial charge on any atom is -0.230 e. The van der Waals surface area contributed by atoms with E-state index in [0.717, 1.165) is 11.3 Å². The quantitative estimate of drug-likeness (QED) is 0.721. The van der Waals surface area contributed by atoms with Crippen LogP contribution >= 0.6 is 0 Å². The van der Waals surface area contributed by atoms with Gasteiger partial charge in [0.15, 0.2) is 11.0 Å². The number of benzene rings is 1. The van der Waals surface area contributed by atoms with Crippen molar-refractivity contribution < 1.29 is 4.21 Å². The number of aryl methyl sites for hydroxylation is 1. The van der Waals surface area contributed by atoms with E-state index in [1.165, 1.54) is 5.56 Å². The monoisotopic (exact) mass is 223 g/mol. The Labute approximate surface area is 94.0 Å². The zero-order valence-electron chi connectivity index (χ0n) is 9.43. The predicted molar refractivity (Wildman–Crippen MR) is 65.5 cm³/mol. The number of nitrogens with zero attached hydrogens (tertiary/aromatic N) is 1. The molecule has 0 aliphatic heterocycles. The first-order chi connectivity index (χ1) is 7.13. The molecule has 0 aromatic heterocycles. The van der Waals surface area contributed by atoms with Crippen molar-refractivity contribution in [2.45, 2.75) is 32.1 Å². The fourth-order valence-electron chi connectivity index (χ4n) is 0.980. The molecule has 2 atom stereocenters. The molecule has 15 heavy (non-hydrogen) atoms. The smallest absolute Gasteiger partial charge is 0.172 e. The summed E-state index contributed by atoms with van der Waals surface area (Å²) in [6, 6.07) is 7.62. The maximum atomic E-state index is 11.7. The largest absolute Gasteiger partial charge is 0.230 e. The molecule has 2 nitrogen and oxygen atoms in total. The van der Waals surface area contributed by atoms with Gasteiger partial charge >= 0.3 is 0 Å². The lowest BCUT2D eigenvalue weighted by Crippen LogP contribution is -1.95. The molecule has 82 valence electrons. The van der Waals surface area contributed by atoms with Crippen LogP contribution in [-0.4, -0.2) is 10.4 Å². The lowest BCUT2D eigenvalue weighted by Gasteiger charge is -1.99. The highest BCUT2D eigenvalue weighted by Crippen LogP contribution is 2.09. The highest BCUT2D eigenvalue weighted by Gasteiger charge is 2.00. The summed E-state index contributed by atoms with van der Waals surface area (Å²) in [6.07, 6.45) is 2.80. The number of hydrogen-bond acceptors (Lipinski definition) is 1. The molecule has 0 aliphatic rings. The molecule has 3 heteroatoms. The molecule has 0 spiro atoms. The Kier molecular flexibility index (Phi) is 4.69. The molecular weight excluding hydrogens is 206 g/mol. The first kappa shape index (κ1) is 12.1. The van der Waals surface area contributed by atoms with Crippen LogP contribution < -0.4 is 0 Å². The van der Waals surface area contributed by atoms with E-state index in [4.69, 9.17) is 0 Å². The van der Waals surface area contributed by atoms with Crippen molar-refractivity contribution in [2.75, 3.05) is 0 Å². The van der Waals surface area contributed by atoms with Gasteiger partial charge in [-0.05, 0) is 31.4 Å². The van der Waals surface area contributed by atoms with E-state index < -0.39 is 11.0 Å². The summed E-state index contributed by atoms with van der Waals surface area (Å²) in [7, 11) is -1.24. The van der Waals surface area contributed by atoms with E-state index in [2.05, 4.69) is 18.2 Å². The average Bonchev–Trinajstić information content (AvgIpc) is 2.26. The average molecular weight is 223 g/mol. The fraction of sp³-hybridized carbons (Fsp3) is 0.417. The summed E-state index contributed by atoms with van der Waals surface area (Å²) in [5, 5.41) is 0. The molecule has 0 saturated carbocycles. The lowest BCUT2D eigenvalue weighted by atomic mass is 10.1. The van der Waals surface area contributed by atoms with E-state index in [9.17, 15) is 4.21 Å². The molecule has 0 unspecified atom stereocenters. The summed E-state index contributed by atoms with van der Waals surface area (Å²) in [5.74, 6) is 0.388. The Hall–Kier alpha value is -0.960. The summed E-state index contributed by atoms with van der Waals surface area (Å²) in [5.41, 5.74) is 1.17. The Morgan fingerprint density at radius 1 is 1.40 bits per heavy atom. The molecule has 1 rings (SSSR count). The fourth-order valence-corrected chi connectivity index (χ4v) is 1.79. The van der Waals surface area contributed by atoms with Crippen LogP contribution in [0.5, 0.6) is 0 Å². The van der Waals surface area contributed by atoms with Crippen LogP contribution in [0.4, 0.5) is 0 Å². The van der Waals surface area contributed by atoms with Crippen LogP contribution in [-0.2, 0) is 11.0 Å². The molecule has 1 aromatic rings. The van der Waals surface area contributed by atoms with Crippen molar-refractivity contribution in [1.29, 1.82) is 0 Å². The van der Waals surface area contributed by atoms with Crippen molar-refractivity contribution in [3.63, 3.8) is 0 Å². The zero-order chi connectivity index (χ0) is 11.3. The van der Waals surface area contributed by atoms with Crippen molar-refractivity contribution in [1.82, 2.24) is 0 Å². The summed E-state index contributed by atoms with van der Waals surface area (Å²) < 4.78 is 15.7. The third-order valence-electron chi connectivity index (χ3n) is 2.28. The van der Waals surface area contributed by atoms with Gasteiger partial charge in [-0.15, -0.1) is 0 Å². The molecule has 0 heterocycles. The first-order valence-corrected chi connectivity index (χ1v) is 6.27. The second-order valence-corrected chi connectivity index (χ2v) is 4.88. The van der Waals surface area contributed by atoms with Gasteiger partial charge in [0.2, 0.25) is 0 Å². The van der Waals surface area contributed by atoms with Crippen molar-refractivity contribution in [3.05, 3.63) is 29.8 Å². The van der Waals surface area contributed by atoms with Crippen LogP contribution in [0.1, 0.15) is 25.8 Å².